The number of aliphatic hydroxyl groups excluding tert-OH is 1. The van der Waals surface area contributed by atoms with Crippen molar-refractivity contribution in [3.05, 3.63) is 53.1 Å². The molecule has 4 bridgehead atoms. The molecule has 1 unspecified atom stereocenters. The first kappa shape index (κ1) is 21.9. The summed E-state index contributed by atoms with van der Waals surface area (Å²) in [6.45, 7) is 0.0452. The van der Waals surface area contributed by atoms with E-state index < -0.39 is 59.0 Å². The van der Waals surface area contributed by atoms with Crippen molar-refractivity contribution in [2.45, 2.75) is 23.9 Å². The first-order valence-corrected chi connectivity index (χ1v) is 11.1. The number of phenols is 3. The molecule has 7 rings (SSSR count). The number of phenolic OH excluding ortho intramolecular Hbond substituents is 3. The molecule has 182 valence electrons. The van der Waals surface area contributed by atoms with Gasteiger partial charge in [0, 0.05) is 29.9 Å². The maximum absolute atomic E-state index is 13.3. The van der Waals surface area contributed by atoms with Gasteiger partial charge in [0.15, 0.2) is 29.5 Å². The molecule has 2 aromatic carbocycles. The molecule has 7 atom stereocenters. The Morgan fingerprint density at radius 1 is 1.09 bits per heavy atom. The van der Waals surface area contributed by atoms with Gasteiger partial charge in [-0.3, -0.25) is 9.59 Å². The van der Waals surface area contributed by atoms with Crippen LogP contribution in [0.3, 0.4) is 0 Å². The predicted molar refractivity (Wildman–Crippen MR) is 116 cm³/mol. The normalized spacial score (nSPS) is 34.9. The number of rotatable bonds is 3. The third-order valence-electron chi connectivity index (χ3n) is 7.62. The number of Topliss-reactive ketones (excluding diaryl/α,β-unsaturated/α-hetero) is 2. The second-order valence-corrected chi connectivity index (χ2v) is 9.35. The molecular weight excluding hydrogens is 460 g/mol. The lowest BCUT2D eigenvalue weighted by Gasteiger charge is -2.50. The molecule has 0 aromatic heterocycles. The van der Waals surface area contributed by atoms with Crippen molar-refractivity contribution < 1.29 is 49.3 Å². The Hall–Kier alpha value is -3.60. The number of fused-ring (bicyclic) bond motifs is 1. The van der Waals surface area contributed by atoms with Crippen LogP contribution in [0.25, 0.3) is 0 Å². The largest absolute Gasteiger partial charge is 0.508 e. The van der Waals surface area contributed by atoms with Gasteiger partial charge < -0.3 is 39.7 Å². The van der Waals surface area contributed by atoms with E-state index in [-0.39, 0.29) is 35.2 Å². The van der Waals surface area contributed by atoms with Gasteiger partial charge in [-0.1, -0.05) is 12.1 Å². The Bertz CT molecular complexity index is 1320. The summed E-state index contributed by atoms with van der Waals surface area (Å²) >= 11 is 0. The number of ether oxygens (including phenoxy) is 3. The van der Waals surface area contributed by atoms with Crippen molar-refractivity contribution in [1.82, 2.24) is 0 Å². The molecule has 5 N–H and O–H groups in total. The van der Waals surface area contributed by atoms with Crippen LogP contribution in [-0.4, -0.2) is 68.8 Å². The van der Waals surface area contributed by atoms with E-state index in [1.807, 2.05) is 0 Å². The van der Waals surface area contributed by atoms with Crippen molar-refractivity contribution in [1.29, 1.82) is 0 Å². The number of carbonyl (C=O) groups excluding carboxylic acids is 2. The summed E-state index contributed by atoms with van der Waals surface area (Å²) in [7, 11) is 1.42. The number of benzene rings is 2. The molecule has 2 aliphatic heterocycles. The fourth-order valence-electron chi connectivity index (χ4n) is 6.16. The molecule has 10 heteroatoms. The summed E-state index contributed by atoms with van der Waals surface area (Å²) in [6, 6.07) is 6.91. The minimum Gasteiger partial charge on any atom is -0.508 e. The second kappa shape index (κ2) is 7.20. The zero-order valence-corrected chi connectivity index (χ0v) is 18.4. The lowest BCUT2D eigenvalue weighted by atomic mass is 9.55. The van der Waals surface area contributed by atoms with Crippen molar-refractivity contribution in [3.8, 4) is 28.7 Å². The smallest absolute Gasteiger partial charge is 0.234 e. The van der Waals surface area contributed by atoms with Gasteiger partial charge in [-0.25, -0.2) is 0 Å². The summed E-state index contributed by atoms with van der Waals surface area (Å²) in [5.41, 5.74) is 0.796. The van der Waals surface area contributed by atoms with E-state index in [4.69, 9.17) is 14.2 Å². The molecule has 10 nitrogen and oxygen atoms in total. The molecule has 2 fully saturated rings. The monoisotopic (exact) mass is 482 g/mol. The lowest BCUT2D eigenvalue weighted by molar-refractivity contribution is -0.206. The fraction of sp³-hybridized carbons (Fsp3) is 0.360. The Morgan fingerprint density at radius 3 is 2.60 bits per heavy atom. The highest BCUT2D eigenvalue weighted by atomic mass is 16.6. The highest BCUT2D eigenvalue weighted by Gasteiger charge is 2.69. The van der Waals surface area contributed by atoms with E-state index in [0.717, 1.165) is 12.1 Å². The van der Waals surface area contributed by atoms with E-state index in [1.54, 1.807) is 18.2 Å². The predicted octanol–water partition coefficient (Wildman–Crippen LogP) is 0.990. The van der Waals surface area contributed by atoms with Crippen LogP contribution < -0.4 is 9.47 Å². The van der Waals surface area contributed by atoms with E-state index >= 15 is 0 Å². The fourth-order valence-corrected chi connectivity index (χ4v) is 6.16. The number of aromatic hydroxyl groups is 3. The average molecular weight is 482 g/mol. The van der Waals surface area contributed by atoms with Crippen molar-refractivity contribution in [3.63, 3.8) is 0 Å². The number of ketones is 2. The zero-order valence-electron chi connectivity index (χ0n) is 18.4. The molecule has 1 saturated carbocycles. The zero-order chi connectivity index (χ0) is 24.8. The van der Waals surface area contributed by atoms with Crippen LogP contribution in [0.4, 0.5) is 0 Å². The van der Waals surface area contributed by atoms with E-state index in [1.165, 1.54) is 13.2 Å². The standard InChI is InChI=1S/C25H22O10/c1-33-16-4-9(2-3-14(16)27)18-11-7-12(20-13(18)8-34-25(20,32)24(11)31)23-22(30)21(29)19-15(28)5-10(26)6-17(19)35-23/h2-7,11,13,18,20,22-23,26-28,30,32H,8H2,1H3/t11-,13-,18?,20-,22-,23+,25+/m1/s1. The van der Waals surface area contributed by atoms with Gasteiger partial charge in [-0.2, -0.15) is 0 Å². The SMILES string of the molecule is COc1cc(C2[C@H]3CO[C@]4(O)C(=O)[C@@H]2C=C([C@@H]2Oc5cc(O)cc(O)c5C(=O)[C@H]2O)[C@H]34)ccc1O. The first-order valence-electron chi connectivity index (χ1n) is 11.1. The number of methoxy groups -OCH3 is 1. The van der Waals surface area contributed by atoms with Gasteiger partial charge in [0.25, 0.3) is 0 Å². The summed E-state index contributed by atoms with van der Waals surface area (Å²) in [6.07, 6.45) is -1.37. The van der Waals surface area contributed by atoms with Crippen LogP contribution in [0.15, 0.2) is 42.0 Å². The summed E-state index contributed by atoms with van der Waals surface area (Å²) < 4.78 is 16.7. The van der Waals surface area contributed by atoms with Gasteiger partial charge in [-0.05, 0) is 23.3 Å². The van der Waals surface area contributed by atoms with Gasteiger partial charge in [0.05, 0.1) is 19.6 Å². The molecule has 0 amide bonds. The third kappa shape index (κ3) is 2.81. The molecule has 1 saturated heterocycles. The minimum absolute atomic E-state index is 0.0452. The number of hydrogen-bond acceptors (Lipinski definition) is 10. The highest BCUT2D eigenvalue weighted by molar-refractivity contribution is 6.06. The number of allylic oxidation sites excluding steroid dienone is 1. The summed E-state index contributed by atoms with van der Waals surface area (Å²) in [5, 5.41) is 52.0. The Labute approximate surface area is 198 Å². The summed E-state index contributed by atoms with van der Waals surface area (Å²) in [5.74, 6) is -6.84. The average Bonchev–Trinajstić information content (AvgIpc) is 3.14. The van der Waals surface area contributed by atoms with Crippen LogP contribution in [0.1, 0.15) is 21.8 Å². The topological polar surface area (TPSA) is 163 Å². The molecule has 35 heavy (non-hydrogen) atoms. The number of carbonyl (C=O) groups is 2. The molecule has 0 radical (unpaired) electrons. The van der Waals surface area contributed by atoms with Gasteiger partial charge >= 0.3 is 0 Å². The summed E-state index contributed by atoms with van der Waals surface area (Å²) in [4.78, 5) is 26.2. The molecule has 2 aromatic rings. The van der Waals surface area contributed by atoms with Crippen molar-refractivity contribution >= 4 is 11.6 Å². The Kier molecular flexibility index (Phi) is 4.51. The van der Waals surface area contributed by atoms with E-state index in [0.29, 0.717) is 11.1 Å². The molecule has 5 aliphatic rings. The van der Waals surface area contributed by atoms with Gasteiger partial charge in [-0.15, -0.1) is 0 Å². The lowest BCUT2D eigenvalue weighted by Crippen LogP contribution is -2.60. The van der Waals surface area contributed by atoms with Crippen LogP contribution in [0, 0.1) is 17.8 Å². The molecule has 3 aliphatic carbocycles. The molecule has 0 spiro atoms. The minimum atomic E-state index is -2.13. The highest BCUT2D eigenvalue weighted by Crippen LogP contribution is 2.61. The van der Waals surface area contributed by atoms with Crippen LogP contribution in [-0.2, 0) is 9.53 Å². The van der Waals surface area contributed by atoms with Crippen LogP contribution >= 0.6 is 0 Å². The van der Waals surface area contributed by atoms with Crippen molar-refractivity contribution in [2.24, 2.45) is 17.8 Å². The van der Waals surface area contributed by atoms with Crippen LogP contribution in [0.2, 0.25) is 0 Å². The second-order valence-electron chi connectivity index (χ2n) is 9.35. The Morgan fingerprint density at radius 2 is 1.86 bits per heavy atom. The van der Waals surface area contributed by atoms with Crippen molar-refractivity contribution in [2.75, 3.05) is 13.7 Å². The van der Waals surface area contributed by atoms with Gasteiger partial charge in [0.2, 0.25) is 11.6 Å². The van der Waals surface area contributed by atoms with Crippen LogP contribution in [0.5, 0.6) is 28.7 Å². The first-order chi connectivity index (χ1) is 16.7. The molecule has 2 heterocycles. The maximum atomic E-state index is 13.3. The van der Waals surface area contributed by atoms with E-state index in [2.05, 4.69) is 0 Å². The quantitative estimate of drug-likeness (QED) is 0.399. The molecular formula is C25H22O10. The van der Waals surface area contributed by atoms with E-state index in [9.17, 15) is 35.1 Å². The Balaban J connectivity index is 1.46. The number of aliphatic hydroxyl groups is 2. The number of hydrogen-bond donors (Lipinski definition) is 5. The third-order valence-corrected chi connectivity index (χ3v) is 7.62. The van der Waals surface area contributed by atoms with Gasteiger partial charge in [0.1, 0.15) is 22.8 Å². The maximum Gasteiger partial charge on any atom is 0.234 e.